The van der Waals surface area contributed by atoms with Crippen molar-refractivity contribution < 1.29 is 74.0 Å². The predicted octanol–water partition coefficient (Wildman–Crippen LogP) is 5.30. The summed E-state index contributed by atoms with van der Waals surface area (Å²) in [5.74, 6) is -1.53. The standard InChI is InChI=1S/C39H57FN4O16P2Si2/c1-22(2)63(51,23(3)4)60-64(24(5)6,25(7)8)59-31-28(18-45)55-38(44-17-27(40)29-36(44)42-21-43-37(29)47)34(31)58-62(50,53-16-12-15-41)54-20-39-19-52-33(35(39)57-61(48)49)32(56-39)30(46)26-13-10-9-11-14-26/h9-11,13-14,17,21-25,28,31-35,38,45,51,61H,12,16,18-20H2,1-8H3,(H,48,49)(H,42,43,47)/t28-,31-,32+,33+,34-,35+,38-,39-,62?/m1/s1. The number of phosphoric ester groups is 1. The van der Waals surface area contributed by atoms with Gasteiger partial charge in [-0.15, -0.1) is 0 Å². The van der Waals surface area contributed by atoms with Crippen LogP contribution in [0.15, 0.2) is 47.7 Å². The largest absolute Gasteiger partial charge is 0.475 e. The minimum absolute atomic E-state index is 0.215. The van der Waals surface area contributed by atoms with Crippen LogP contribution in [0.1, 0.15) is 78.4 Å². The summed E-state index contributed by atoms with van der Waals surface area (Å²) in [5.41, 5.74) is -3.97. The van der Waals surface area contributed by atoms with Gasteiger partial charge in [-0.3, -0.25) is 27.7 Å². The van der Waals surface area contributed by atoms with Crippen LogP contribution in [0.5, 0.6) is 0 Å². The Balaban J connectivity index is 1.45. The Morgan fingerprint density at radius 2 is 1.78 bits per heavy atom. The molecule has 2 aromatic heterocycles. The average molecular weight is 975 g/mol. The Morgan fingerprint density at radius 1 is 1.11 bits per heavy atom. The zero-order valence-corrected chi connectivity index (χ0v) is 40.6. The van der Waals surface area contributed by atoms with E-state index in [0.29, 0.717) is 0 Å². The van der Waals surface area contributed by atoms with Crippen LogP contribution in [0.3, 0.4) is 0 Å². The van der Waals surface area contributed by atoms with E-state index in [2.05, 4.69) is 9.97 Å². The fourth-order valence-corrected chi connectivity index (χ4v) is 20.5. The topological polar surface area (TPSA) is 269 Å². The zero-order valence-electron chi connectivity index (χ0n) is 36.7. The second-order valence-corrected chi connectivity index (χ2v) is 28.3. The van der Waals surface area contributed by atoms with E-state index in [1.165, 1.54) is 0 Å². The van der Waals surface area contributed by atoms with E-state index in [9.17, 15) is 34.2 Å². The number of benzene rings is 1. The van der Waals surface area contributed by atoms with Crippen LogP contribution >= 0.6 is 16.1 Å². The summed E-state index contributed by atoms with van der Waals surface area (Å²) in [6.45, 7) is 12.5. The van der Waals surface area contributed by atoms with Gasteiger partial charge in [0.1, 0.15) is 41.5 Å². The van der Waals surface area contributed by atoms with Gasteiger partial charge in [0, 0.05) is 11.8 Å². The van der Waals surface area contributed by atoms with Crippen molar-refractivity contribution in [2.75, 3.05) is 26.4 Å². The Bertz CT molecular complexity index is 2280. The van der Waals surface area contributed by atoms with E-state index in [-0.39, 0.29) is 46.4 Å². The lowest BCUT2D eigenvalue weighted by molar-refractivity contribution is -0.146. The molecule has 5 heterocycles. The van der Waals surface area contributed by atoms with Gasteiger partial charge < -0.3 is 51.6 Å². The number of aromatic amines is 1. The molecule has 2 unspecified atom stereocenters. The molecule has 0 aliphatic carbocycles. The SMILES string of the molecule is CC(C)[Si](O)(O[Si](O[C@H]1[C@@H](OP(=O)(OCCC#N)OC[C@@]23CO[C@@H]([C@H](C(=O)c4ccccc4)O2)[C@@H]3O[PH](=O)O)[C@H](n2cc(F)c3c(=O)[nH]cnc32)O[C@@H]1CO)(C(C)C)C(C)C)C(C)C. The fourth-order valence-electron chi connectivity index (χ4n) is 8.57. The summed E-state index contributed by atoms with van der Waals surface area (Å²) in [6, 6.07) is 9.98. The molecule has 354 valence electrons. The number of Topliss-reactive ketones (excluding diaryl/α,β-unsaturated/α-hetero) is 1. The molecule has 1 aromatic carbocycles. The van der Waals surface area contributed by atoms with Crippen LogP contribution < -0.4 is 5.56 Å². The number of carbonyl (C=O) groups excluding carboxylic acids is 1. The fraction of sp³-hybridized carbons (Fsp3) is 0.641. The van der Waals surface area contributed by atoms with E-state index < -0.39 is 124 Å². The summed E-state index contributed by atoms with van der Waals surface area (Å²) in [4.78, 5) is 55.2. The van der Waals surface area contributed by atoms with E-state index in [1.807, 2.05) is 61.5 Å². The van der Waals surface area contributed by atoms with Gasteiger partial charge in [0.25, 0.3) is 5.56 Å². The Hall–Kier alpha value is -2.86. The zero-order chi connectivity index (χ0) is 46.9. The van der Waals surface area contributed by atoms with Gasteiger partial charge in [0.2, 0.25) is 0 Å². The number of rotatable bonds is 22. The second-order valence-electron chi connectivity index (χ2n) is 17.3. The number of hydrogen-bond acceptors (Lipinski definition) is 17. The molecule has 3 fully saturated rings. The molecule has 25 heteroatoms. The molecule has 3 aliphatic heterocycles. The van der Waals surface area contributed by atoms with E-state index >= 15 is 8.96 Å². The summed E-state index contributed by atoms with van der Waals surface area (Å²) < 4.78 is 100. The first-order chi connectivity index (χ1) is 30.2. The maximum Gasteiger partial charge on any atom is 0.475 e. The Labute approximate surface area is 372 Å². The lowest BCUT2D eigenvalue weighted by atomic mass is 9.97. The highest BCUT2D eigenvalue weighted by molar-refractivity contribution is 7.48. The number of halogens is 1. The quantitative estimate of drug-likeness (QED) is 0.0431. The third-order valence-electron chi connectivity index (χ3n) is 11.9. The molecule has 3 aliphatic rings. The summed E-state index contributed by atoms with van der Waals surface area (Å²) >= 11 is 0. The number of ketones is 1. The van der Waals surface area contributed by atoms with E-state index in [4.69, 9.17) is 40.8 Å². The molecule has 64 heavy (non-hydrogen) atoms. The first-order valence-corrected chi connectivity index (χ1v) is 27.7. The number of nitrogens with one attached hydrogen (secondary N) is 1. The number of H-pyrrole nitrogens is 1. The maximum atomic E-state index is 15.7. The van der Waals surface area contributed by atoms with Gasteiger partial charge in [-0.05, 0) is 22.2 Å². The number of aromatic nitrogens is 3. The van der Waals surface area contributed by atoms with Gasteiger partial charge in [-0.2, -0.15) is 5.26 Å². The lowest BCUT2D eigenvalue weighted by Crippen LogP contribution is -2.62. The van der Waals surface area contributed by atoms with Gasteiger partial charge in [-0.25, -0.2) is 13.9 Å². The highest BCUT2D eigenvalue weighted by Gasteiger charge is 2.66. The highest BCUT2D eigenvalue weighted by atomic mass is 31.2. The molecule has 20 nitrogen and oxygen atoms in total. The molecule has 2 bridgehead atoms. The molecule has 0 saturated carbocycles. The molecule has 6 rings (SSSR count). The number of ether oxygens (including phenoxy) is 3. The molecule has 3 saturated heterocycles. The number of aliphatic hydroxyl groups excluding tert-OH is 1. The van der Waals surface area contributed by atoms with Crippen molar-refractivity contribution in [2.45, 2.75) is 132 Å². The molecular formula is C39H57FN4O16P2Si2. The minimum Gasteiger partial charge on any atom is -0.414 e. The van der Waals surface area contributed by atoms with Crippen molar-refractivity contribution in [1.82, 2.24) is 14.5 Å². The third kappa shape index (κ3) is 9.76. The predicted molar refractivity (Wildman–Crippen MR) is 230 cm³/mol. The van der Waals surface area contributed by atoms with Crippen molar-refractivity contribution in [1.29, 1.82) is 5.26 Å². The van der Waals surface area contributed by atoms with Crippen LogP contribution in [0.4, 0.5) is 4.39 Å². The third-order valence-corrected chi connectivity index (χ3v) is 23.6. The normalized spacial score (nSPS) is 27.6. The number of nitriles is 1. The van der Waals surface area contributed by atoms with Crippen molar-refractivity contribution in [3.05, 3.63) is 64.6 Å². The summed E-state index contributed by atoms with van der Waals surface area (Å²) in [6.07, 6.45) is -8.31. The number of carbonyl (C=O) groups is 1. The lowest BCUT2D eigenvalue weighted by Gasteiger charge is -2.47. The molecule has 0 radical (unpaired) electrons. The van der Waals surface area contributed by atoms with Crippen LogP contribution in [-0.4, -0.2) is 121 Å². The Morgan fingerprint density at radius 3 is 2.38 bits per heavy atom. The number of nitrogens with zero attached hydrogens (tertiary/aromatic N) is 3. The van der Waals surface area contributed by atoms with Crippen LogP contribution in [-0.2, 0) is 50.0 Å². The van der Waals surface area contributed by atoms with Crippen molar-refractivity contribution in [3.8, 4) is 6.07 Å². The summed E-state index contributed by atoms with van der Waals surface area (Å²) in [7, 11) is -16.2. The molecule has 0 spiro atoms. The first kappa shape index (κ1) is 50.6. The van der Waals surface area contributed by atoms with Crippen molar-refractivity contribution >= 4 is 50.0 Å². The van der Waals surface area contributed by atoms with Crippen LogP contribution in [0.25, 0.3) is 11.0 Å². The maximum absolute atomic E-state index is 15.7. The van der Waals surface area contributed by atoms with Gasteiger partial charge in [0.05, 0.1) is 45.2 Å². The van der Waals surface area contributed by atoms with Gasteiger partial charge >= 0.3 is 33.2 Å². The van der Waals surface area contributed by atoms with Crippen molar-refractivity contribution in [2.24, 2.45) is 0 Å². The van der Waals surface area contributed by atoms with Crippen molar-refractivity contribution in [3.63, 3.8) is 0 Å². The highest BCUT2D eigenvalue weighted by Crippen LogP contribution is 2.57. The van der Waals surface area contributed by atoms with Crippen LogP contribution in [0.2, 0.25) is 22.2 Å². The van der Waals surface area contributed by atoms with E-state index in [0.717, 1.165) is 17.1 Å². The van der Waals surface area contributed by atoms with Gasteiger partial charge in [0.15, 0.2) is 29.6 Å². The monoisotopic (exact) mass is 974 g/mol. The molecule has 10 atom stereocenters. The molecule has 4 N–H and O–H groups in total. The Kier molecular flexibility index (Phi) is 15.9. The number of fused-ring (bicyclic) bond motifs is 3. The van der Waals surface area contributed by atoms with Crippen LogP contribution in [0, 0.1) is 17.1 Å². The van der Waals surface area contributed by atoms with E-state index in [1.54, 1.807) is 30.3 Å². The number of aliphatic hydroxyl groups is 1. The minimum atomic E-state index is -5.09. The average Bonchev–Trinajstić information content (AvgIpc) is 3.96. The smallest absolute Gasteiger partial charge is 0.414 e. The molecule has 0 amide bonds. The van der Waals surface area contributed by atoms with Gasteiger partial charge in [-0.1, -0.05) is 85.7 Å². The second kappa shape index (κ2) is 20.2. The summed E-state index contributed by atoms with van der Waals surface area (Å²) in [5, 5.41) is 20.0. The number of phosphoric acid groups is 1. The molecule has 3 aromatic rings. The molecular weight excluding hydrogens is 918 g/mol. The number of hydrogen-bond donors (Lipinski definition) is 4. The first-order valence-electron chi connectivity index (χ1n) is 21.0.